The smallest absolute Gasteiger partial charge is 0.253 e. The molecule has 3 heterocycles. The van der Waals surface area contributed by atoms with E-state index >= 15 is 0 Å². The highest BCUT2D eigenvalue weighted by Gasteiger charge is 2.29. The van der Waals surface area contributed by atoms with Crippen molar-refractivity contribution >= 4 is 39.9 Å². The summed E-state index contributed by atoms with van der Waals surface area (Å²) in [6.45, 7) is 1.04. The van der Waals surface area contributed by atoms with Crippen LogP contribution in [-0.4, -0.2) is 39.8 Å². The Morgan fingerprint density at radius 1 is 1.14 bits per heavy atom. The lowest BCUT2D eigenvalue weighted by molar-refractivity contribution is -0.121. The number of benzene rings is 1. The average Bonchev–Trinajstić information content (AvgIpc) is 3.23. The van der Waals surface area contributed by atoms with Gasteiger partial charge in [0.1, 0.15) is 5.69 Å². The highest BCUT2D eigenvalue weighted by Crippen LogP contribution is 2.25. The lowest BCUT2D eigenvalue weighted by Crippen LogP contribution is -2.43. The van der Waals surface area contributed by atoms with Gasteiger partial charge in [0, 0.05) is 35.3 Å². The van der Waals surface area contributed by atoms with Gasteiger partial charge in [0.25, 0.3) is 5.91 Å². The molecule has 1 aliphatic heterocycles. The third-order valence-electron chi connectivity index (χ3n) is 4.83. The Hall–Kier alpha value is -2.77. The van der Waals surface area contributed by atoms with Gasteiger partial charge in [-0.3, -0.25) is 14.6 Å². The molecule has 1 atom stereocenters. The van der Waals surface area contributed by atoms with Crippen molar-refractivity contribution in [3.63, 3.8) is 0 Å². The number of nitrogens with zero attached hydrogens (tertiary/aromatic N) is 3. The quantitative estimate of drug-likeness (QED) is 0.673. The Morgan fingerprint density at radius 3 is 2.72 bits per heavy atom. The molecule has 0 aliphatic carbocycles. The van der Waals surface area contributed by atoms with Crippen LogP contribution in [0.4, 0.5) is 5.13 Å². The molecule has 0 radical (unpaired) electrons. The third kappa shape index (κ3) is 4.63. The number of pyridine rings is 1. The summed E-state index contributed by atoms with van der Waals surface area (Å²) in [5.74, 6) is -0.450. The van der Waals surface area contributed by atoms with Crippen LogP contribution in [0.5, 0.6) is 0 Å². The molecule has 1 unspecified atom stereocenters. The van der Waals surface area contributed by atoms with Crippen LogP contribution in [0.1, 0.15) is 23.2 Å². The van der Waals surface area contributed by atoms with Gasteiger partial charge in [0.2, 0.25) is 5.91 Å². The maximum Gasteiger partial charge on any atom is 0.253 e. The molecule has 1 aromatic carbocycles. The number of thiazole rings is 1. The number of rotatable bonds is 4. The molecule has 1 N–H and O–H groups in total. The van der Waals surface area contributed by atoms with Gasteiger partial charge in [0.05, 0.1) is 11.6 Å². The Balaban J connectivity index is 1.39. The Bertz CT molecular complexity index is 1010. The van der Waals surface area contributed by atoms with Gasteiger partial charge in [-0.25, -0.2) is 4.98 Å². The standard InChI is InChI=1S/C21H19ClN4O2S/c22-16-8-6-14(7-9-16)20(28)26-11-3-4-15(12-26)19(27)25-21-24-18(13-29-21)17-5-1-2-10-23-17/h1-2,5-10,13,15H,3-4,11-12H2,(H,24,25,27). The molecule has 2 amide bonds. The summed E-state index contributed by atoms with van der Waals surface area (Å²) in [7, 11) is 0. The van der Waals surface area contributed by atoms with Gasteiger partial charge in [-0.1, -0.05) is 17.7 Å². The van der Waals surface area contributed by atoms with Crippen molar-refractivity contribution in [1.82, 2.24) is 14.9 Å². The fourth-order valence-electron chi connectivity index (χ4n) is 3.32. The molecule has 4 rings (SSSR count). The second kappa shape index (κ2) is 8.71. The zero-order valence-electron chi connectivity index (χ0n) is 15.5. The van der Waals surface area contributed by atoms with Gasteiger partial charge in [-0.15, -0.1) is 11.3 Å². The summed E-state index contributed by atoms with van der Waals surface area (Å²) in [4.78, 5) is 35.9. The van der Waals surface area contributed by atoms with Crippen molar-refractivity contribution < 1.29 is 9.59 Å². The second-order valence-electron chi connectivity index (χ2n) is 6.84. The van der Waals surface area contributed by atoms with Crippen molar-refractivity contribution in [2.24, 2.45) is 5.92 Å². The SMILES string of the molecule is O=C(Nc1nc(-c2ccccn2)cs1)C1CCCN(C(=O)c2ccc(Cl)cc2)C1. The first-order valence-corrected chi connectivity index (χ1v) is 10.6. The number of carbonyl (C=O) groups excluding carboxylic acids is 2. The van der Waals surface area contributed by atoms with Crippen LogP contribution < -0.4 is 5.32 Å². The van der Waals surface area contributed by atoms with E-state index in [-0.39, 0.29) is 17.7 Å². The lowest BCUT2D eigenvalue weighted by Gasteiger charge is -2.32. The fraction of sp³-hybridized carbons (Fsp3) is 0.238. The number of nitrogens with one attached hydrogen (secondary N) is 1. The molecular weight excluding hydrogens is 408 g/mol. The van der Waals surface area contributed by atoms with Crippen LogP contribution in [0.3, 0.4) is 0 Å². The average molecular weight is 427 g/mol. The van der Waals surface area contributed by atoms with Crippen molar-refractivity contribution in [2.75, 3.05) is 18.4 Å². The minimum absolute atomic E-state index is 0.0779. The molecule has 2 aromatic heterocycles. The summed E-state index contributed by atoms with van der Waals surface area (Å²) in [5.41, 5.74) is 2.08. The number of hydrogen-bond acceptors (Lipinski definition) is 5. The Labute approximate surface area is 177 Å². The minimum Gasteiger partial charge on any atom is -0.338 e. The molecule has 3 aromatic rings. The maximum absolute atomic E-state index is 12.7. The van der Waals surface area contributed by atoms with Crippen LogP contribution in [-0.2, 0) is 4.79 Å². The largest absolute Gasteiger partial charge is 0.338 e. The normalized spacial score (nSPS) is 16.4. The van der Waals surface area contributed by atoms with E-state index in [4.69, 9.17) is 11.6 Å². The van der Waals surface area contributed by atoms with E-state index in [9.17, 15) is 9.59 Å². The molecule has 0 bridgehead atoms. The van der Waals surface area contributed by atoms with Crippen LogP contribution >= 0.6 is 22.9 Å². The highest BCUT2D eigenvalue weighted by atomic mass is 35.5. The van der Waals surface area contributed by atoms with Gasteiger partial charge in [-0.05, 0) is 49.2 Å². The molecule has 1 fully saturated rings. The summed E-state index contributed by atoms with van der Waals surface area (Å²) >= 11 is 7.26. The van der Waals surface area contributed by atoms with Crippen molar-refractivity contribution in [3.05, 3.63) is 64.6 Å². The highest BCUT2D eigenvalue weighted by molar-refractivity contribution is 7.14. The zero-order valence-corrected chi connectivity index (χ0v) is 17.1. The van der Waals surface area contributed by atoms with Crippen molar-refractivity contribution in [3.8, 4) is 11.4 Å². The topological polar surface area (TPSA) is 75.2 Å². The Morgan fingerprint density at radius 2 is 1.97 bits per heavy atom. The number of carbonyl (C=O) groups is 2. The van der Waals surface area contributed by atoms with Gasteiger partial charge in [0.15, 0.2) is 5.13 Å². The van der Waals surface area contributed by atoms with Crippen LogP contribution in [0, 0.1) is 5.92 Å². The third-order valence-corrected chi connectivity index (χ3v) is 5.84. The fourth-order valence-corrected chi connectivity index (χ4v) is 4.15. The summed E-state index contributed by atoms with van der Waals surface area (Å²) < 4.78 is 0. The number of piperidine rings is 1. The number of hydrogen-bond donors (Lipinski definition) is 1. The van der Waals surface area contributed by atoms with E-state index in [2.05, 4.69) is 15.3 Å². The lowest BCUT2D eigenvalue weighted by atomic mass is 9.96. The molecule has 8 heteroatoms. The van der Waals surface area contributed by atoms with Crippen LogP contribution in [0.15, 0.2) is 54.0 Å². The predicted octanol–water partition coefficient (Wildman–Crippen LogP) is 4.35. The number of anilines is 1. The van der Waals surface area contributed by atoms with Crippen LogP contribution in [0.2, 0.25) is 5.02 Å². The predicted molar refractivity (Wildman–Crippen MR) is 114 cm³/mol. The Kier molecular flexibility index (Phi) is 5.87. The molecule has 0 saturated carbocycles. The summed E-state index contributed by atoms with van der Waals surface area (Å²) in [5, 5.41) is 5.89. The van der Waals surface area contributed by atoms with Crippen molar-refractivity contribution in [1.29, 1.82) is 0 Å². The van der Waals surface area contributed by atoms with E-state index in [0.29, 0.717) is 28.8 Å². The number of amides is 2. The van der Waals surface area contributed by atoms with Gasteiger partial charge >= 0.3 is 0 Å². The summed E-state index contributed by atoms with van der Waals surface area (Å²) in [6, 6.07) is 12.4. The number of halogens is 1. The van der Waals surface area contributed by atoms with E-state index in [1.54, 1.807) is 35.4 Å². The molecular formula is C21H19ClN4O2S. The second-order valence-corrected chi connectivity index (χ2v) is 8.13. The van der Waals surface area contributed by atoms with Gasteiger partial charge < -0.3 is 10.2 Å². The van der Waals surface area contributed by atoms with E-state index in [0.717, 1.165) is 24.2 Å². The van der Waals surface area contributed by atoms with E-state index in [1.165, 1.54) is 11.3 Å². The first-order valence-electron chi connectivity index (χ1n) is 9.33. The monoisotopic (exact) mass is 426 g/mol. The molecule has 1 aliphatic rings. The summed E-state index contributed by atoms with van der Waals surface area (Å²) in [6.07, 6.45) is 3.24. The molecule has 0 spiro atoms. The molecule has 1 saturated heterocycles. The van der Waals surface area contributed by atoms with Crippen molar-refractivity contribution in [2.45, 2.75) is 12.8 Å². The molecule has 148 valence electrons. The maximum atomic E-state index is 12.7. The van der Waals surface area contributed by atoms with E-state index < -0.39 is 0 Å². The molecule has 6 nitrogen and oxygen atoms in total. The number of likely N-dealkylation sites (tertiary alicyclic amines) is 1. The molecule has 29 heavy (non-hydrogen) atoms. The van der Waals surface area contributed by atoms with E-state index in [1.807, 2.05) is 23.6 Å². The number of aromatic nitrogens is 2. The van der Waals surface area contributed by atoms with Gasteiger partial charge in [-0.2, -0.15) is 0 Å². The van der Waals surface area contributed by atoms with Crippen LogP contribution in [0.25, 0.3) is 11.4 Å². The first-order chi connectivity index (χ1) is 14.1. The minimum atomic E-state index is -0.262. The first kappa shape index (κ1) is 19.5. The zero-order chi connectivity index (χ0) is 20.2.